The summed E-state index contributed by atoms with van der Waals surface area (Å²) in [6, 6.07) is 17.7. The van der Waals surface area contributed by atoms with Crippen molar-refractivity contribution >= 4 is 22.7 Å². The van der Waals surface area contributed by atoms with E-state index in [0.29, 0.717) is 27.7 Å². The lowest BCUT2D eigenvalue weighted by atomic mass is 10.1. The Hall–Kier alpha value is -3.86. The second-order valence-corrected chi connectivity index (χ2v) is 7.42. The maximum absolute atomic E-state index is 13.2. The van der Waals surface area contributed by atoms with Gasteiger partial charge in [0.1, 0.15) is 5.75 Å². The Balaban J connectivity index is 1.99. The minimum Gasteiger partial charge on any atom is -0.508 e. The predicted octanol–water partition coefficient (Wildman–Crippen LogP) is 5.08. The third-order valence-corrected chi connectivity index (χ3v) is 5.38. The number of aryl methyl sites for hydroxylation is 3. The first-order chi connectivity index (χ1) is 14.4. The van der Waals surface area contributed by atoms with Gasteiger partial charge in [-0.15, -0.1) is 0 Å². The zero-order valence-corrected chi connectivity index (χ0v) is 17.0. The molecule has 0 atom stereocenters. The van der Waals surface area contributed by atoms with Crippen molar-refractivity contribution < 1.29 is 10.2 Å². The van der Waals surface area contributed by atoms with E-state index in [4.69, 9.17) is 0 Å². The average Bonchev–Trinajstić information content (AvgIpc) is 2.73. The fourth-order valence-electron chi connectivity index (χ4n) is 3.46. The molecule has 5 heteroatoms. The van der Waals surface area contributed by atoms with Gasteiger partial charge in [0.05, 0.1) is 16.9 Å². The summed E-state index contributed by atoms with van der Waals surface area (Å²) in [6.07, 6.45) is 1.54. The molecule has 30 heavy (non-hydrogen) atoms. The van der Waals surface area contributed by atoms with Gasteiger partial charge < -0.3 is 10.2 Å². The summed E-state index contributed by atoms with van der Waals surface area (Å²) in [4.78, 5) is 17.7. The zero-order valence-electron chi connectivity index (χ0n) is 17.0. The average molecular weight is 398 g/mol. The third-order valence-electron chi connectivity index (χ3n) is 5.38. The summed E-state index contributed by atoms with van der Waals surface area (Å²) in [5.41, 5.74) is 4.33. The molecule has 1 heterocycles. The molecule has 1 aromatic heterocycles. The Morgan fingerprint density at radius 3 is 2.27 bits per heavy atom. The number of aromatic nitrogens is 1. The van der Waals surface area contributed by atoms with E-state index < -0.39 is 0 Å². The molecule has 0 radical (unpaired) electrons. The summed E-state index contributed by atoms with van der Waals surface area (Å²) in [6.45, 7) is 5.85. The third kappa shape index (κ3) is 3.35. The van der Waals surface area contributed by atoms with Crippen LogP contribution in [0.3, 0.4) is 0 Å². The molecule has 0 aliphatic rings. The second-order valence-electron chi connectivity index (χ2n) is 7.42. The molecule has 4 aromatic rings. The van der Waals surface area contributed by atoms with Crippen LogP contribution in [0, 0.1) is 20.8 Å². The molecule has 0 amide bonds. The monoisotopic (exact) mass is 398 g/mol. The normalized spacial score (nSPS) is 11.4. The van der Waals surface area contributed by atoms with Crippen molar-refractivity contribution in [1.29, 1.82) is 0 Å². The fraction of sp³-hybridized carbons (Fsp3) is 0.120. The van der Waals surface area contributed by atoms with Crippen molar-refractivity contribution in [2.45, 2.75) is 20.8 Å². The Bertz CT molecular complexity index is 1370. The first kappa shape index (κ1) is 19.5. The molecule has 0 fully saturated rings. The Kier molecular flexibility index (Phi) is 4.88. The summed E-state index contributed by atoms with van der Waals surface area (Å²) < 4.78 is 1.31. The van der Waals surface area contributed by atoms with Crippen LogP contribution in [0.25, 0.3) is 16.5 Å². The smallest absolute Gasteiger partial charge is 0.265 e. The fourth-order valence-corrected chi connectivity index (χ4v) is 3.46. The maximum atomic E-state index is 13.2. The number of hydrogen-bond donors (Lipinski definition) is 2. The number of nitrogens with zero attached hydrogens (tertiary/aromatic N) is 2. The largest absolute Gasteiger partial charge is 0.508 e. The number of rotatable bonds is 3. The van der Waals surface area contributed by atoms with Crippen molar-refractivity contribution in [3.05, 3.63) is 93.3 Å². The van der Waals surface area contributed by atoms with Gasteiger partial charge in [-0.25, -0.2) is 4.57 Å². The molecule has 5 nitrogen and oxygen atoms in total. The van der Waals surface area contributed by atoms with Gasteiger partial charge in [-0.2, -0.15) is 0 Å². The van der Waals surface area contributed by atoms with E-state index in [1.165, 1.54) is 10.8 Å². The summed E-state index contributed by atoms with van der Waals surface area (Å²) in [7, 11) is 0. The second kappa shape index (κ2) is 7.52. The van der Waals surface area contributed by atoms with Crippen LogP contribution < -0.4 is 5.56 Å². The van der Waals surface area contributed by atoms with Crippen LogP contribution in [0.4, 0.5) is 5.69 Å². The number of pyridine rings is 1. The first-order valence-corrected chi connectivity index (χ1v) is 9.65. The summed E-state index contributed by atoms with van der Waals surface area (Å²) >= 11 is 0. The van der Waals surface area contributed by atoms with E-state index in [-0.39, 0.29) is 17.2 Å². The minimum absolute atomic E-state index is 0.113. The van der Waals surface area contributed by atoms with Crippen LogP contribution in [0.15, 0.2) is 70.5 Å². The van der Waals surface area contributed by atoms with Crippen molar-refractivity contribution in [3.63, 3.8) is 0 Å². The standard InChI is InChI=1S/C25H22N2O3/c1-15-8-10-18(12-17(15)3)27-24(29)21-7-5-4-6-20(21)22(25(27)30)14-26-23-13-19(28)11-9-16(23)2/h4-14,28,30H,1-3H3. The van der Waals surface area contributed by atoms with E-state index in [1.807, 2.05) is 45.0 Å². The molecule has 0 spiro atoms. The lowest BCUT2D eigenvalue weighted by molar-refractivity contribution is 0.436. The van der Waals surface area contributed by atoms with E-state index in [2.05, 4.69) is 4.99 Å². The topological polar surface area (TPSA) is 74.8 Å². The number of fused-ring (bicyclic) bond motifs is 1. The Labute approximate surface area is 174 Å². The summed E-state index contributed by atoms with van der Waals surface area (Å²) in [5.74, 6) is -0.0644. The first-order valence-electron chi connectivity index (χ1n) is 9.65. The van der Waals surface area contributed by atoms with Gasteiger partial charge in [-0.05, 0) is 61.7 Å². The minimum atomic E-state index is -0.294. The Morgan fingerprint density at radius 1 is 0.833 bits per heavy atom. The van der Waals surface area contributed by atoms with Crippen LogP contribution in [0.5, 0.6) is 11.6 Å². The molecule has 0 bridgehead atoms. The summed E-state index contributed by atoms with van der Waals surface area (Å²) in [5, 5.41) is 22.0. The predicted molar refractivity (Wildman–Crippen MR) is 121 cm³/mol. The number of hydrogen-bond acceptors (Lipinski definition) is 4. The molecule has 0 aliphatic carbocycles. The van der Waals surface area contributed by atoms with Gasteiger partial charge in [0.2, 0.25) is 5.88 Å². The highest BCUT2D eigenvalue weighted by Gasteiger charge is 2.16. The molecule has 150 valence electrons. The van der Waals surface area contributed by atoms with Crippen molar-refractivity contribution in [1.82, 2.24) is 4.57 Å². The number of aromatic hydroxyl groups is 2. The van der Waals surface area contributed by atoms with Crippen molar-refractivity contribution in [2.75, 3.05) is 0 Å². The lowest BCUT2D eigenvalue weighted by Crippen LogP contribution is -2.20. The van der Waals surface area contributed by atoms with Gasteiger partial charge in [-0.1, -0.05) is 30.3 Å². The van der Waals surface area contributed by atoms with E-state index >= 15 is 0 Å². The molecule has 3 aromatic carbocycles. The highest BCUT2D eigenvalue weighted by molar-refractivity contribution is 6.02. The molecule has 0 saturated heterocycles. The molecule has 0 unspecified atom stereocenters. The van der Waals surface area contributed by atoms with Crippen LogP contribution in [-0.4, -0.2) is 21.0 Å². The number of aliphatic imine (C=N–C) groups is 1. The van der Waals surface area contributed by atoms with Gasteiger partial charge in [0.15, 0.2) is 0 Å². The number of phenolic OH excluding ortho intramolecular Hbond substituents is 1. The van der Waals surface area contributed by atoms with Gasteiger partial charge in [-0.3, -0.25) is 9.79 Å². The quantitative estimate of drug-likeness (QED) is 0.473. The highest BCUT2D eigenvalue weighted by Crippen LogP contribution is 2.29. The van der Waals surface area contributed by atoms with Crippen LogP contribution in [-0.2, 0) is 0 Å². The van der Waals surface area contributed by atoms with Gasteiger partial charge in [0, 0.05) is 23.1 Å². The zero-order chi connectivity index (χ0) is 21.4. The molecular formula is C25H22N2O3. The highest BCUT2D eigenvalue weighted by atomic mass is 16.3. The van der Waals surface area contributed by atoms with Crippen LogP contribution in [0.2, 0.25) is 0 Å². The Morgan fingerprint density at radius 2 is 1.53 bits per heavy atom. The number of benzene rings is 3. The number of phenols is 1. The van der Waals surface area contributed by atoms with E-state index in [1.54, 1.807) is 36.4 Å². The van der Waals surface area contributed by atoms with E-state index in [9.17, 15) is 15.0 Å². The molecule has 2 N–H and O–H groups in total. The van der Waals surface area contributed by atoms with Gasteiger partial charge >= 0.3 is 0 Å². The maximum Gasteiger partial charge on any atom is 0.265 e. The van der Waals surface area contributed by atoms with E-state index in [0.717, 1.165) is 16.7 Å². The van der Waals surface area contributed by atoms with Crippen molar-refractivity contribution in [2.24, 2.45) is 4.99 Å². The molecule has 0 aliphatic heterocycles. The van der Waals surface area contributed by atoms with Crippen LogP contribution in [0.1, 0.15) is 22.3 Å². The van der Waals surface area contributed by atoms with Crippen molar-refractivity contribution in [3.8, 4) is 17.3 Å². The molecular weight excluding hydrogens is 376 g/mol. The molecule has 0 saturated carbocycles. The lowest BCUT2D eigenvalue weighted by Gasteiger charge is -2.15. The SMILES string of the molecule is Cc1ccc(-n2c(O)c(C=Nc3cc(O)ccc3C)c3ccccc3c2=O)cc1C. The molecule has 4 rings (SSSR count). The van der Waals surface area contributed by atoms with Crippen LogP contribution >= 0.6 is 0 Å². The van der Waals surface area contributed by atoms with Gasteiger partial charge in [0.25, 0.3) is 5.56 Å².